The zero-order valence-corrected chi connectivity index (χ0v) is 17.0. The summed E-state index contributed by atoms with van der Waals surface area (Å²) in [6.45, 7) is 0. The van der Waals surface area contributed by atoms with Crippen molar-refractivity contribution in [1.82, 2.24) is 4.98 Å². The summed E-state index contributed by atoms with van der Waals surface area (Å²) in [4.78, 5) is 16.8. The number of ketones is 1. The summed E-state index contributed by atoms with van der Waals surface area (Å²) >= 11 is 6.03. The smallest absolute Gasteiger partial charge is 0.185 e. The first kappa shape index (κ1) is 19.7. The molecule has 148 valence electrons. The molecular formula is C25H18ClNO3. The summed E-state index contributed by atoms with van der Waals surface area (Å²) in [5.74, 6) is 2.00. The van der Waals surface area contributed by atoms with Gasteiger partial charge in [-0.2, -0.15) is 0 Å². The highest BCUT2D eigenvalue weighted by Gasteiger charge is 2.07. The summed E-state index contributed by atoms with van der Waals surface area (Å²) in [5, 5.41) is 1.49. The monoisotopic (exact) mass is 415 g/mol. The molecule has 1 heterocycles. The lowest BCUT2D eigenvalue weighted by molar-refractivity contribution is 0.104. The van der Waals surface area contributed by atoms with Gasteiger partial charge in [0.1, 0.15) is 17.2 Å². The van der Waals surface area contributed by atoms with E-state index >= 15 is 0 Å². The molecule has 0 aliphatic heterocycles. The molecule has 0 radical (unpaired) electrons. The second-order valence-electron chi connectivity index (χ2n) is 6.57. The van der Waals surface area contributed by atoms with Gasteiger partial charge < -0.3 is 9.47 Å². The van der Waals surface area contributed by atoms with Crippen molar-refractivity contribution >= 4 is 34.4 Å². The van der Waals surface area contributed by atoms with Gasteiger partial charge in [0.2, 0.25) is 0 Å². The molecule has 4 rings (SSSR count). The quantitative estimate of drug-likeness (QED) is 0.263. The number of carbonyl (C=O) groups is 1. The van der Waals surface area contributed by atoms with Gasteiger partial charge in [0.25, 0.3) is 0 Å². The van der Waals surface area contributed by atoms with Crippen molar-refractivity contribution in [2.45, 2.75) is 0 Å². The minimum Gasteiger partial charge on any atom is -0.497 e. The van der Waals surface area contributed by atoms with Gasteiger partial charge in [-0.3, -0.25) is 9.78 Å². The van der Waals surface area contributed by atoms with Crippen molar-refractivity contribution < 1.29 is 14.3 Å². The molecule has 0 amide bonds. The highest BCUT2D eigenvalue weighted by atomic mass is 35.5. The van der Waals surface area contributed by atoms with Crippen LogP contribution in [0.1, 0.15) is 15.9 Å². The van der Waals surface area contributed by atoms with Crippen molar-refractivity contribution in [3.8, 4) is 17.2 Å². The largest absolute Gasteiger partial charge is 0.497 e. The average Bonchev–Trinajstić information content (AvgIpc) is 2.78. The summed E-state index contributed by atoms with van der Waals surface area (Å²) in [6, 6.07) is 21.8. The summed E-state index contributed by atoms with van der Waals surface area (Å²) in [5.41, 5.74) is 2.27. The Balaban J connectivity index is 1.47. The number of aromatic nitrogens is 1. The average molecular weight is 416 g/mol. The number of halogens is 1. The third kappa shape index (κ3) is 4.50. The van der Waals surface area contributed by atoms with E-state index in [1.165, 1.54) is 0 Å². The van der Waals surface area contributed by atoms with Crippen molar-refractivity contribution in [1.29, 1.82) is 0 Å². The van der Waals surface area contributed by atoms with Crippen molar-refractivity contribution in [2.24, 2.45) is 0 Å². The minimum absolute atomic E-state index is 0.0821. The van der Waals surface area contributed by atoms with Crippen LogP contribution in [0.2, 0.25) is 5.02 Å². The SMILES string of the molecule is COc1ccc(/C=C/C(=O)c2ccc(Oc3ccnc4cc(Cl)ccc34)cc2)cc1. The van der Waals surface area contributed by atoms with Crippen LogP contribution in [0, 0.1) is 0 Å². The van der Waals surface area contributed by atoms with Gasteiger partial charge in [0, 0.05) is 22.2 Å². The Labute approximate surface area is 179 Å². The molecule has 0 bridgehead atoms. The second-order valence-corrected chi connectivity index (χ2v) is 7.00. The van der Waals surface area contributed by atoms with Crippen LogP contribution in [0.5, 0.6) is 17.2 Å². The van der Waals surface area contributed by atoms with Crippen LogP contribution in [0.25, 0.3) is 17.0 Å². The Morgan fingerprint density at radius 1 is 0.933 bits per heavy atom. The Hall–Kier alpha value is -3.63. The minimum atomic E-state index is -0.0821. The van der Waals surface area contributed by atoms with Crippen LogP contribution in [0.4, 0.5) is 0 Å². The normalized spacial score (nSPS) is 11.0. The Morgan fingerprint density at radius 3 is 2.40 bits per heavy atom. The molecular weight excluding hydrogens is 398 g/mol. The van der Waals surface area contributed by atoms with E-state index in [1.54, 1.807) is 67.9 Å². The molecule has 0 fully saturated rings. The molecule has 0 atom stereocenters. The van der Waals surface area contributed by atoms with Gasteiger partial charge in [0.05, 0.1) is 12.6 Å². The van der Waals surface area contributed by atoms with Gasteiger partial charge in [-0.1, -0.05) is 29.8 Å². The molecule has 0 spiro atoms. The standard InChI is InChI=1S/C25H18ClNO3/c1-29-20-8-2-17(3-9-20)4-13-24(28)18-5-10-21(11-6-18)30-25-14-15-27-23-16-19(26)7-12-22(23)25/h2-16H,1H3/b13-4+. The molecule has 0 saturated carbocycles. The number of ether oxygens (including phenoxy) is 2. The lowest BCUT2D eigenvalue weighted by Crippen LogP contribution is -1.94. The summed E-state index contributed by atoms with van der Waals surface area (Å²) < 4.78 is 11.1. The third-order valence-corrected chi connectivity index (χ3v) is 4.81. The lowest BCUT2D eigenvalue weighted by atomic mass is 10.1. The number of pyridine rings is 1. The van der Waals surface area contributed by atoms with E-state index in [0.29, 0.717) is 22.1 Å². The molecule has 4 aromatic rings. The molecule has 0 unspecified atom stereocenters. The maximum Gasteiger partial charge on any atom is 0.185 e. The maximum atomic E-state index is 12.4. The number of allylic oxidation sites excluding steroid dienone is 1. The molecule has 5 heteroatoms. The van der Waals surface area contributed by atoms with Crippen LogP contribution in [-0.4, -0.2) is 17.9 Å². The third-order valence-electron chi connectivity index (χ3n) is 4.57. The van der Waals surface area contributed by atoms with Gasteiger partial charge >= 0.3 is 0 Å². The Morgan fingerprint density at radius 2 is 1.67 bits per heavy atom. The number of fused-ring (bicyclic) bond motifs is 1. The number of hydrogen-bond acceptors (Lipinski definition) is 4. The predicted octanol–water partition coefficient (Wildman–Crippen LogP) is 6.59. The number of nitrogens with zero attached hydrogens (tertiary/aromatic N) is 1. The van der Waals surface area contributed by atoms with E-state index in [0.717, 1.165) is 22.2 Å². The lowest BCUT2D eigenvalue weighted by Gasteiger charge is -2.09. The molecule has 0 aliphatic rings. The van der Waals surface area contributed by atoms with Crippen LogP contribution in [0.15, 0.2) is 85.1 Å². The second kappa shape index (κ2) is 8.80. The Kier molecular flexibility index (Phi) is 5.77. The number of benzene rings is 3. The summed E-state index contributed by atoms with van der Waals surface area (Å²) in [7, 11) is 1.62. The van der Waals surface area contributed by atoms with Gasteiger partial charge in [0.15, 0.2) is 5.78 Å². The first-order chi connectivity index (χ1) is 14.6. The molecule has 4 nitrogen and oxygen atoms in total. The first-order valence-corrected chi connectivity index (χ1v) is 9.69. The number of methoxy groups -OCH3 is 1. The molecule has 0 N–H and O–H groups in total. The number of carbonyl (C=O) groups excluding carboxylic acids is 1. The van der Waals surface area contributed by atoms with Gasteiger partial charge in [-0.25, -0.2) is 0 Å². The molecule has 3 aromatic carbocycles. The molecule has 30 heavy (non-hydrogen) atoms. The van der Waals surface area contributed by atoms with Crippen LogP contribution >= 0.6 is 11.6 Å². The fourth-order valence-electron chi connectivity index (χ4n) is 2.98. The fraction of sp³-hybridized carbons (Fsp3) is 0.0400. The molecule has 0 aliphatic carbocycles. The van der Waals surface area contributed by atoms with Crippen molar-refractivity contribution in [3.05, 3.63) is 101 Å². The van der Waals surface area contributed by atoms with Gasteiger partial charge in [-0.05, 0) is 72.3 Å². The predicted molar refractivity (Wildman–Crippen MR) is 120 cm³/mol. The van der Waals surface area contributed by atoms with Crippen LogP contribution in [-0.2, 0) is 0 Å². The van der Waals surface area contributed by atoms with Gasteiger partial charge in [-0.15, -0.1) is 0 Å². The molecule has 1 aromatic heterocycles. The fourth-order valence-corrected chi connectivity index (χ4v) is 3.15. The van der Waals surface area contributed by atoms with E-state index < -0.39 is 0 Å². The van der Waals surface area contributed by atoms with Crippen LogP contribution in [0.3, 0.4) is 0 Å². The molecule has 0 saturated heterocycles. The Bertz CT molecular complexity index is 1220. The maximum absolute atomic E-state index is 12.4. The summed E-state index contributed by atoms with van der Waals surface area (Å²) in [6.07, 6.45) is 5.01. The van der Waals surface area contributed by atoms with E-state index in [9.17, 15) is 4.79 Å². The topological polar surface area (TPSA) is 48.4 Å². The van der Waals surface area contributed by atoms with E-state index in [1.807, 2.05) is 30.3 Å². The number of rotatable bonds is 6. The first-order valence-electron chi connectivity index (χ1n) is 9.31. The van der Waals surface area contributed by atoms with Crippen LogP contribution < -0.4 is 9.47 Å². The van der Waals surface area contributed by atoms with E-state index in [-0.39, 0.29) is 5.78 Å². The highest BCUT2D eigenvalue weighted by Crippen LogP contribution is 2.30. The zero-order valence-electron chi connectivity index (χ0n) is 16.2. The van der Waals surface area contributed by atoms with Crippen molar-refractivity contribution in [2.75, 3.05) is 7.11 Å². The zero-order chi connectivity index (χ0) is 20.9. The van der Waals surface area contributed by atoms with Crippen molar-refractivity contribution in [3.63, 3.8) is 0 Å². The number of hydrogen-bond donors (Lipinski definition) is 0. The van der Waals surface area contributed by atoms with E-state index in [2.05, 4.69) is 4.98 Å². The van der Waals surface area contributed by atoms with E-state index in [4.69, 9.17) is 21.1 Å². The highest BCUT2D eigenvalue weighted by molar-refractivity contribution is 6.31.